The van der Waals surface area contributed by atoms with Gasteiger partial charge in [0.15, 0.2) is 0 Å². The van der Waals surface area contributed by atoms with Gasteiger partial charge in [0.25, 0.3) is 0 Å². The van der Waals surface area contributed by atoms with E-state index < -0.39 is 9.05 Å². The van der Waals surface area contributed by atoms with Crippen molar-refractivity contribution >= 4 is 19.7 Å². The second-order valence-corrected chi connectivity index (χ2v) is 8.12. The first kappa shape index (κ1) is 15.3. The highest BCUT2D eigenvalue weighted by molar-refractivity contribution is 8.13. The largest absolute Gasteiger partial charge is 0.494 e. The summed E-state index contributed by atoms with van der Waals surface area (Å²) in [6.45, 7) is 6.79. The third kappa shape index (κ3) is 5.74. The zero-order chi connectivity index (χ0) is 13.8. The Bertz CT molecular complexity index is 472. The molecule has 1 rings (SSSR count). The third-order valence-electron chi connectivity index (χ3n) is 2.52. The summed E-state index contributed by atoms with van der Waals surface area (Å²) in [4.78, 5) is 0. The summed E-state index contributed by atoms with van der Waals surface area (Å²) in [5.74, 6) is 0.684. The maximum Gasteiger partial charge on any atom is 0.232 e. The molecule has 1 aromatic carbocycles. The van der Waals surface area contributed by atoms with E-state index in [1.54, 1.807) is 0 Å². The third-order valence-corrected chi connectivity index (χ3v) is 3.76. The van der Waals surface area contributed by atoms with Gasteiger partial charge in [0, 0.05) is 10.7 Å². The summed E-state index contributed by atoms with van der Waals surface area (Å²) in [6, 6.07) is 7.84. The van der Waals surface area contributed by atoms with Crippen LogP contribution in [0.15, 0.2) is 24.3 Å². The van der Waals surface area contributed by atoms with Gasteiger partial charge in [0.2, 0.25) is 9.05 Å². The highest BCUT2D eigenvalue weighted by Gasteiger charge is 2.13. The van der Waals surface area contributed by atoms with Crippen molar-refractivity contribution in [2.75, 3.05) is 12.4 Å². The average molecular weight is 291 g/mol. The van der Waals surface area contributed by atoms with E-state index in [-0.39, 0.29) is 11.2 Å². The number of hydrogen-bond acceptors (Lipinski definition) is 3. The van der Waals surface area contributed by atoms with Gasteiger partial charge in [-0.15, -0.1) is 0 Å². The van der Waals surface area contributed by atoms with Crippen LogP contribution in [0.5, 0.6) is 5.75 Å². The monoisotopic (exact) mass is 290 g/mol. The fraction of sp³-hybridized carbons (Fsp3) is 0.538. The molecular weight excluding hydrogens is 272 g/mol. The molecule has 0 aliphatic rings. The normalized spacial score (nSPS) is 12.4. The molecule has 0 heterocycles. The molecule has 1 aromatic rings. The van der Waals surface area contributed by atoms with E-state index in [2.05, 4.69) is 20.8 Å². The van der Waals surface area contributed by atoms with Gasteiger partial charge in [-0.3, -0.25) is 0 Å². The zero-order valence-corrected chi connectivity index (χ0v) is 12.5. The Morgan fingerprint density at radius 1 is 1.17 bits per heavy atom. The second kappa shape index (κ2) is 5.93. The fourth-order valence-corrected chi connectivity index (χ4v) is 2.26. The smallest absolute Gasteiger partial charge is 0.232 e. The molecule has 0 N–H and O–H groups in total. The van der Waals surface area contributed by atoms with E-state index >= 15 is 0 Å². The minimum atomic E-state index is -3.41. The Labute approximate surface area is 114 Å². The van der Waals surface area contributed by atoms with Crippen LogP contribution in [0.4, 0.5) is 0 Å². The summed E-state index contributed by atoms with van der Waals surface area (Å²) >= 11 is 0. The molecule has 102 valence electrons. The van der Waals surface area contributed by atoms with Crippen molar-refractivity contribution in [2.45, 2.75) is 32.6 Å². The van der Waals surface area contributed by atoms with Crippen molar-refractivity contribution in [1.29, 1.82) is 0 Å². The lowest BCUT2D eigenvalue weighted by Crippen LogP contribution is -2.10. The molecule has 0 saturated heterocycles. The van der Waals surface area contributed by atoms with Gasteiger partial charge in [-0.25, -0.2) is 8.42 Å². The van der Waals surface area contributed by atoms with Gasteiger partial charge in [-0.2, -0.15) is 0 Å². The molecule has 5 heteroatoms. The van der Waals surface area contributed by atoms with Crippen LogP contribution in [0.25, 0.3) is 0 Å². The lowest BCUT2D eigenvalue weighted by molar-refractivity contribution is 0.317. The van der Waals surface area contributed by atoms with Gasteiger partial charge >= 0.3 is 0 Å². The molecule has 3 nitrogen and oxygen atoms in total. The molecule has 0 amide bonds. The van der Waals surface area contributed by atoms with Crippen LogP contribution >= 0.6 is 10.7 Å². The molecule has 0 aliphatic carbocycles. The number of benzene rings is 1. The standard InChI is InChI=1S/C13H19ClO3S/c1-13(2,3)11-5-7-12(8-6-11)17-9-4-10-18(14,15)16/h5-8H,4,9-10H2,1-3H3. The SMILES string of the molecule is CC(C)(C)c1ccc(OCCCS(=O)(=O)Cl)cc1. The Kier molecular flexibility index (Phi) is 5.05. The lowest BCUT2D eigenvalue weighted by Gasteiger charge is -2.19. The van der Waals surface area contributed by atoms with E-state index in [0.717, 1.165) is 5.75 Å². The molecule has 0 aromatic heterocycles. The molecule has 0 radical (unpaired) electrons. The van der Waals surface area contributed by atoms with Crippen LogP contribution in [0.2, 0.25) is 0 Å². The van der Waals surface area contributed by atoms with Crippen molar-refractivity contribution in [1.82, 2.24) is 0 Å². The lowest BCUT2D eigenvalue weighted by atomic mass is 9.87. The summed E-state index contributed by atoms with van der Waals surface area (Å²) in [5.41, 5.74) is 1.35. The summed E-state index contributed by atoms with van der Waals surface area (Å²) < 4.78 is 26.9. The van der Waals surface area contributed by atoms with Crippen LogP contribution in [0.1, 0.15) is 32.8 Å². The molecule has 0 unspecified atom stereocenters. The molecule has 0 saturated carbocycles. The Balaban J connectivity index is 2.45. The predicted octanol–water partition coefficient (Wildman–Crippen LogP) is 3.32. The first-order valence-corrected chi connectivity index (χ1v) is 8.32. The van der Waals surface area contributed by atoms with Crippen molar-refractivity contribution < 1.29 is 13.2 Å². The molecular formula is C13H19ClO3S. The van der Waals surface area contributed by atoms with Gasteiger partial charge in [0.05, 0.1) is 12.4 Å². The Morgan fingerprint density at radius 2 is 1.72 bits per heavy atom. The van der Waals surface area contributed by atoms with E-state index in [1.165, 1.54) is 5.56 Å². The number of rotatable bonds is 5. The highest BCUT2D eigenvalue weighted by Crippen LogP contribution is 2.24. The minimum Gasteiger partial charge on any atom is -0.494 e. The summed E-state index contributed by atoms with van der Waals surface area (Å²) in [6.07, 6.45) is 0.396. The first-order chi connectivity index (χ1) is 8.18. The average Bonchev–Trinajstić information content (AvgIpc) is 2.22. The number of halogens is 1. The topological polar surface area (TPSA) is 43.4 Å². The van der Waals surface area contributed by atoms with Crippen molar-refractivity contribution in [3.05, 3.63) is 29.8 Å². The van der Waals surface area contributed by atoms with Crippen molar-refractivity contribution in [3.63, 3.8) is 0 Å². The van der Waals surface area contributed by atoms with Gasteiger partial charge in [-0.05, 0) is 29.5 Å². The number of ether oxygens (including phenoxy) is 1. The Morgan fingerprint density at radius 3 is 2.17 bits per heavy atom. The van der Waals surface area contributed by atoms with Crippen LogP contribution < -0.4 is 4.74 Å². The number of hydrogen-bond donors (Lipinski definition) is 0. The van der Waals surface area contributed by atoms with Crippen LogP contribution in [0, 0.1) is 0 Å². The zero-order valence-electron chi connectivity index (χ0n) is 10.9. The second-order valence-electron chi connectivity index (χ2n) is 5.22. The Hall–Kier alpha value is -0.740. The van der Waals surface area contributed by atoms with E-state index in [4.69, 9.17) is 15.4 Å². The van der Waals surface area contributed by atoms with Gasteiger partial charge in [0.1, 0.15) is 5.75 Å². The van der Waals surface area contributed by atoms with Gasteiger partial charge in [-0.1, -0.05) is 32.9 Å². The molecule has 0 bridgehead atoms. The van der Waals surface area contributed by atoms with Crippen molar-refractivity contribution in [3.8, 4) is 5.75 Å². The van der Waals surface area contributed by atoms with Crippen LogP contribution in [-0.2, 0) is 14.5 Å². The predicted molar refractivity (Wildman–Crippen MR) is 74.9 cm³/mol. The minimum absolute atomic E-state index is 0.0609. The maximum atomic E-state index is 10.7. The fourth-order valence-electron chi connectivity index (χ4n) is 1.47. The maximum absolute atomic E-state index is 10.7. The van der Waals surface area contributed by atoms with E-state index in [0.29, 0.717) is 13.0 Å². The van der Waals surface area contributed by atoms with E-state index in [9.17, 15) is 8.42 Å². The summed E-state index contributed by atoms with van der Waals surface area (Å²) in [7, 11) is 1.69. The van der Waals surface area contributed by atoms with Crippen molar-refractivity contribution in [2.24, 2.45) is 0 Å². The summed E-state index contributed by atoms with van der Waals surface area (Å²) in [5, 5.41) is 0. The van der Waals surface area contributed by atoms with Gasteiger partial charge < -0.3 is 4.74 Å². The molecule has 0 fully saturated rings. The molecule has 0 aliphatic heterocycles. The molecule has 18 heavy (non-hydrogen) atoms. The van der Waals surface area contributed by atoms with Crippen LogP contribution in [0.3, 0.4) is 0 Å². The molecule has 0 atom stereocenters. The first-order valence-electron chi connectivity index (χ1n) is 5.84. The van der Waals surface area contributed by atoms with E-state index in [1.807, 2.05) is 24.3 Å². The molecule has 0 spiro atoms. The van der Waals surface area contributed by atoms with Crippen LogP contribution in [-0.4, -0.2) is 20.8 Å². The quantitative estimate of drug-likeness (QED) is 0.617. The highest BCUT2D eigenvalue weighted by atomic mass is 35.7.